The van der Waals surface area contributed by atoms with Crippen LogP contribution in [-0.2, 0) is 11.2 Å². The van der Waals surface area contributed by atoms with Gasteiger partial charge in [-0.15, -0.1) is 0 Å². The topological polar surface area (TPSA) is 103 Å². The van der Waals surface area contributed by atoms with Gasteiger partial charge in [0.2, 0.25) is 5.95 Å². The molecule has 0 unspecified atom stereocenters. The molecule has 0 radical (unpaired) electrons. The number of carboxylic acids is 1. The van der Waals surface area contributed by atoms with Crippen molar-refractivity contribution >= 4 is 23.4 Å². The molecule has 3 rings (SSSR count). The van der Waals surface area contributed by atoms with Crippen LogP contribution in [0.4, 0.5) is 30.6 Å². The van der Waals surface area contributed by atoms with Gasteiger partial charge in [0.05, 0.1) is 12.0 Å². The van der Waals surface area contributed by atoms with Crippen LogP contribution in [0, 0.1) is 0 Å². The number of fused-ring (bicyclic) bond motifs is 1. The Bertz CT molecular complexity index is 876. The Morgan fingerprint density at radius 3 is 2.58 bits per heavy atom. The minimum absolute atomic E-state index is 0.0542. The summed E-state index contributed by atoms with van der Waals surface area (Å²) in [4.78, 5) is 21.8. The van der Waals surface area contributed by atoms with Crippen LogP contribution in [-0.4, -0.2) is 38.7 Å². The molecule has 0 bridgehead atoms. The molecule has 0 atom stereocenters. The van der Waals surface area contributed by atoms with Gasteiger partial charge >= 0.3 is 12.1 Å². The fraction of sp³-hybridized carbons (Fsp3) is 0.188. The Morgan fingerprint density at radius 1 is 1.19 bits per heavy atom. The minimum Gasteiger partial charge on any atom is -0.481 e. The molecule has 0 amide bonds. The Balaban J connectivity index is 1.81. The van der Waals surface area contributed by atoms with E-state index >= 15 is 0 Å². The zero-order valence-electron chi connectivity index (χ0n) is 13.3. The second-order valence-corrected chi connectivity index (χ2v) is 5.50. The zero-order chi connectivity index (χ0) is 18.7. The number of benzene rings is 1. The van der Waals surface area contributed by atoms with E-state index in [1.807, 2.05) is 0 Å². The lowest BCUT2D eigenvalue weighted by atomic mass is 10.1. The summed E-state index contributed by atoms with van der Waals surface area (Å²) in [7, 11) is 0. The van der Waals surface area contributed by atoms with Crippen LogP contribution in [0.2, 0.25) is 0 Å². The molecule has 0 saturated carbocycles. The number of anilines is 3. The van der Waals surface area contributed by atoms with E-state index in [1.54, 1.807) is 30.3 Å². The summed E-state index contributed by atoms with van der Waals surface area (Å²) in [5.41, 5.74) is 1.66. The number of aromatic amines is 1. The maximum Gasteiger partial charge on any atom is 0.405 e. The number of hydrogen-bond acceptors (Lipinski definition) is 5. The normalized spacial score (nSPS) is 11.5. The number of rotatable bonds is 6. The van der Waals surface area contributed by atoms with Crippen LogP contribution in [0.1, 0.15) is 5.56 Å². The van der Waals surface area contributed by atoms with E-state index < -0.39 is 18.7 Å². The average molecular weight is 365 g/mol. The lowest BCUT2D eigenvalue weighted by molar-refractivity contribution is -0.136. The molecule has 7 nitrogen and oxygen atoms in total. The van der Waals surface area contributed by atoms with Crippen LogP contribution < -0.4 is 10.6 Å². The smallest absolute Gasteiger partial charge is 0.405 e. The first-order valence-electron chi connectivity index (χ1n) is 7.53. The number of hydrogen-bond donors (Lipinski definition) is 4. The molecule has 2 heterocycles. The molecule has 1 aromatic carbocycles. The molecule has 4 N–H and O–H groups in total. The molecule has 136 valence electrons. The molecular weight excluding hydrogens is 351 g/mol. The molecule has 0 aliphatic carbocycles. The average Bonchev–Trinajstić information content (AvgIpc) is 3.02. The first kappa shape index (κ1) is 17.5. The number of aliphatic carboxylic acids is 1. The van der Waals surface area contributed by atoms with Crippen LogP contribution in [0.25, 0.3) is 11.4 Å². The molecule has 2 aliphatic heterocycles. The molecule has 26 heavy (non-hydrogen) atoms. The standard InChI is InChI=1S/C16H14F3N5O2/c17-16(18,19)8-21-14-11-5-6-20-13(11)23-15(24-14)22-10-3-1-9(2-4-10)7-12(25)26/h1-6H,7-8H2,(H,25,26)(H3,20,21,22,23,24). The highest BCUT2D eigenvalue weighted by Crippen LogP contribution is 2.29. The van der Waals surface area contributed by atoms with Crippen molar-refractivity contribution < 1.29 is 23.1 Å². The molecular formula is C16H14F3N5O2. The van der Waals surface area contributed by atoms with Gasteiger partial charge in [-0.1, -0.05) is 12.1 Å². The van der Waals surface area contributed by atoms with Gasteiger partial charge in [0, 0.05) is 11.9 Å². The van der Waals surface area contributed by atoms with Crippen LogP contribution in [0.15, 0.2) is 36.5 Å². The Labute approximate surface area is 145 Å². The predicted molar refractivity (Wildman–Crippen MR) is 88.6 cm³/mol. The van der Waals surface area contributed by atoms with Crippen molar-refractivity contribution in [3.05, 3.63) is 42.1 Å². The highest BCUT2D eigenvalue weighted by atomic mass is 19.4. The number of aromatic nitrogens is 3. The van der Waals surface area contributed by atoms with Crippen LogP contribution in [0.3, 0.4) is 0 Å². The number of nitrogens with zero attached hydrogens (tertiary/aromatic N) is 2. The first-order chi connectivity index (χ1) is 12.3. The number of halogens is 3. The van der Waals surface area contributed by atoms with E-state index in [-0.39, 0.29) is 18.2 Å². The summed E-state index contributed by atoms with van der Waals surface area (Å²) in [6.45, 7) is -1.21. The molecule has 1 aromatic rings. The van der Waals surface area contributed by atoms with Gasteiger partial charge in [0.15, 0.2) is 0 Å². The third kappa shape index (κ3) is 4.41. The summed E-state index contributed by atoms with van der Waals surface area (Å²) in [5, 5.41) is 14.0. The SMILES string of the molecule is O=C(O)Cc1ccc(Nc2nc(NCC(F)(F)F)c3ccnc-3[nH]2)cc1. The Kier molecular flexibility index (Phi) is 4.65. The number of carbonyl (C=O) groups is 1. The van der Waals surface area contributed by atoms with E-state index in [9.17, 15) is 18.0 Å². The zero-order valence-corrected chi connectivity index (χ0v) is 13.3. The van der Waals surface area contributed by atoms with Crippen molar-refractivity contribution in [2.75, 3.05) is 17.2 Å². The van der Waals surface area contributed by atoms with E-state index in [0.717, 1.165) is 0 Å². The summed E-state index contributed by atoms with van der Waals surface area (Å²) in [6.07, 6.45) is -3.01. The van der Waals surface area contributed by atoms with Gasteiger partial charge in [-0.2, -0.15) is 18.2 Å². The fourth-order valence-electron chi connectivity index (χ4n) is 2.33. The van der Waals surface area contributed by atoms with Crippen molar-refractivity contribution in [2.45, 2.75) is 12.6 Å². The lowest BCUT2D eigenvalue weighted by Gasteiger charge is -2.14. The van der Waals surface area contributed by atoms with Gasteiger partial charge in [-0.3, -0.25) is 4.79 Å². The van der Waals surface area contributed by atoms with E-state index in [0.29, 0.717) is 22.6 Å². The number of carboxylic acid groups (broad SMARTS) is 1. The van der Waals surface area contributed by atoms with Crippen molar-refractivity contribution in [3.63, 3.8) is 0 Å². The number of H-pyrrole nitrogens is 1. The summed E-state index contributed by atoms with van der Waals surface area (Å²) in [5.74, 6) is -0.297. The summed E-state index contributed by atoms with van der Waals surface area (Å²) in [6, 6.07) is 8.14. The van der Waals surface area contributed by atoms with Crippen molar-refractivity contribution in [2.24, 2.45) is 0 Å². The maximum absolute atomic E-state index is 12.5. The predicted octanol–water partition coefficient (Wildman–Crippen LogP) is 3.25. The lowest BCUT2D eigenvalue weighted by Crippen LogP contribution is -2.22. The van der Waals surface area contributed by atoms with E-state index in [2.05, 4.69) is 25.6 Å². The molecule has 0 saturated heterocycles. The molecule has 0 aromatic heterocycles. The molecule has 10 heteroatoms. The van der Waals surface area contributed by atoms with Crippen LogP contribution >= 0.6 is 0 Å². The molecule has 0 spiro atoms. The van der Waals surface area contributed by atoms with Crippen LogP contribution in [0.5, 0.6) is 0 Å². The summed E-state index contributed by atoms with van der Waals surface area (Å²) < 4.78 is 37.4. The third-order valence-electron chi connectivity index (χ3n) is 3.44. The van der Waals surface area contributed by atoms with E-state index in [1.165, 1.54) is 6.20 Å². The second-order valence-electron chi connectivity index (χ2n) is 5.50. The molecule has 2 aliphatic rings. The fourth-order valence-corrected chi connectivity index (χ4v) is 2.33. The van der Waals surface area contributed by atoms with Gasteiger partial charge in [-0.25, -0.2) is 4.98 Å². The Morgan fingerprint density at radius 2 is 1.92 bits per heavy atom. The number of alkyl halides is 3. The quantitative estimate of drug-likeness (QED) is 0.535. The first-order valence-corrected chi connectivity index (χ1v) is 7.53. The largest absolute Gasteiger partial charge is 0.481 e. The Hall–Kier alpha value is -3.30. The monoisotopic (exact) mass is 365 g/mol. The van der Waals surface area contributed by atoms with Gasteiger partial charge in [0.25, 0.3) is 0 Å². The third-order valence-corrected chi connectivity index (χ3v) is 3.44. The maximum atomic E-state index is 12.5. The minimum atomic E-state index is -4.37. The highest BCUT2D eigenvalue weighted by molar-refractivity contribution is 5.74. The van der Waals surface area contributed by atoms with Gasteiger partial charge in [0.1, 0.15) is 18.2 Å². The second kappa shape index (κ2) is 6.90. The van der Waals surface area contributed by atoms with Gasteiger partial charge < -0.3 is 20.7 Å². The number of nitrogens with one attached hydrogen (secondary N) is 3. The van der Waals surface area contributed by atoms with Crippen molar-refractivity contribution in [1.29, 1.82) is 0 Å². The van der Waals surface area contributed by atoms with Crippen molar-refractivity contribution in [3.8, 4) is 11.4 Å². The summed E-state index contributed by atoms with van der Waals surface area (Å²) >= 11 is 0. The molecule has 0 fully saturated rings. The van der Waals surface area contributed by atoms with Gasteiger partial charge in [-0.05, 0) is 23.8 Å². The highest BCUT2D eigenvalue weighted by Gasteiger charge is 2.28. The van der Waals surface area contributed by atoms with Crippen molar-refractivity contribution in [1.82, 2.24) is 15.0 Å². The van der Waals surface area contributed by atoms with E-state index in [4.69, 9.17) is 5.11 Å².